The molecule has 8 nitrogen and oxygen atoms in total. The van der Waals surface area contributed by atoms with Crippen molar-refractivity contribution >= 4 is 40.0 Å². The van der Waals surface area contributed by atoms with Crippen LogP contribution in [0.5, 0.6) is 0 Å². The zero-order chi connectivity index (χ0) is 21.6. The van der Waals surface area contributed by atoms with Crippen molar-refractivity contribution in [2.24, 2.45) is 0 Å². The fourth-order valence-electron chi connectivity index (χ4n) is 2.51. The van der Waals surface area contributed by atoms with Crippen LogP contribution in [0.1, 0.15) is 55.4 Å². The zero-order valence-electron chi connectivity index (χ0n) is 16.2. The monoisotopic (exact) mass is 419 g/mol. The van der Waals surface area contributed by atoms with Crippen molar-refractivity contribution in [3.8, 4) is 0 Å². The number of Topliss-reactive ketones (excluding diaryl/α,β-unsaturated/α-hetero) is 1. The summed E-state index contributed by atoms with van der Waals surface area (Å²) >= 11 is 0.965. The Kier molecular flexibility index (Phi) is 7.63. The molecule has 154 valence electrons. The van der Waals surface area contributed by atoms with E-state index in [1.807, 2.05) is 0 Å². The van der Waals surface area contributed by atoms with Gasteiger partial charge in [-0.1, -0.05) is 12.1 Å². The number of amides is 1. The van der Waals surface area contributed by atoms with Crippen LogP contribution in [0.2, 0.25) is 0 Å². The molecule has 0 radical (unpaired) electrons. The lowest BCUT2D eigenvalue weighted by Crippen LogP contribution is -2.21. The van der Waals surface area contributed by atoms with Crippen molar-refractivity contribution in [1.29, 1.82) is 0 Å². The van der Waals surface area contributed by atoms with Gasteiger partial charge in [0.2, 0.25) is 0 Å². The molecular weight excluding hydrogens is 398 g/mol. The molecule has 9 heteroatoms. The van der Waals surface area contributed by atoms with Crippen LogP contribution in [-0.2, 0) is 20.9 Å². The van der Waals surface area contributed by atoms with Gasteiger partial charge in [0.15, 0.2) is 12.4 Å². The maximum Gasteiger partial charge on any atom is 0.341 e. The van der Waals surface area contributed by atoms with Crippen LogP contribution in [0.15, 0.2) is 24.3 Å². The Morgan fingerprint density at radius 1 is 1.07 bits per heavy atom. The minimum atomic E-state index is -0.706. The van der Waals surface area contributed by atoms with Gasteiger partial charge in [-0.05, 0) is 44.0 Å². The number of carbonyl (C=O) groups excluding carboxylic acids is 4. The summed E-state index contributed by atoms with van der Waals surface area (Å²) in [6.45, 7) is 4.03. The van der Waals surface area contributed by atoms with Crippen molar-refractivity contribution in [2.45, 2.75) is 27.4 Å². The molecule has 0 saturated heterocycles. The van der Waals surface area contributed by atoms with Gasteiger partial charge in [0.1, 0.15) is 5.00 Å². The predicted molar refractivity (Wildman–Crippen MR) is 106 cm³/mol. The minimum Gasteiger partial charge on any atom is -0.462 e. The Morgan fingerprint density at radius 3 is 2.28 bits per heavy atom. The Labute approximate surface area is 171 Å². The van der Waals surface area contributed by atoms with Gasteiger partial charge in [0.25, 0.3) is 5.91 Å². The van der Waals surface area contributed by atoms with Crippen LogP contribution in [0.25, 0.3) is 0 Å². The third-order valence-electron chi connectivity index (χ3n) is 3.91. The molecule has 1 amide bonds. The number of anilines is 1. The number of aliphatic hydroxyl groups is 1. The summed E-state index contributed by atoms with van der Waals surface area (Å²) in [5.74, 6) is -2.25. The topological polar surface area (TPSA) is 119 Å². The SMILES string of the molecule is CCOC(=O)c1c(NC(=O)COC(=O)c2ccc(CO)cc2)sc(C(C)=O)c1C. The van der Waals surface area contributed by atoms with Crippen molar-refractivity contribution in [1.82, 2.24) is 0 Å². The molecule has 0 aliphatic heterocycles. The van der Waals surface area contributed by atoms with Gasteiger partial charge in [-0.15, -0.1) is 11.3 Å². The van der Waals surface area contributed by atoms with E-state index in [4.69, 9.17) is 14.6 Å². The molecule has 1 aromatic heterocycles. The van der Waals surface area contributed by atoms with Crippen molar-refractivity contribution in [3.63, 3.8) is 0 Å². The molecule has 0 bridgehead atoms. The summed E-state index contributed by atoms with van der Waals surface area (Å²) < 4.78 is 9.98. The van der Waals surface area contributed by atoms with Gasteiger partial charge in [0.05, 0.1) is 29.2 Å². The summed E-state index contributed by atoms with van der Waals surface area (Å²) in [7, 11) is 0. The van der Waals surface area contributed by atoms with E-state index in [2.05, 4.69) is 5.32 Å². The Balaban J connectivity index is 2.09. The highest BCUT2D eigenvalue weighted by Gasteiger charge is 2.25. The van der Waals surface area contributed by atoms with E-state index >= 15 is 0 Å². The van der Waals surface area contributed by atoms with E-state index < -0.39 is 24.5 Å². The molecule has 0 saturated carbocycles. The number of ether oxygens (including phenoxy) is 2. The average Bonchev–Trinajstić information content (AvgIpc) is 3.02. The number of thiophene rings is 1. The van der Waals surface area contributed by atoms with Gasteiger partial charge in [-0.3, -0.25) is 9.59 Å². The smallest absolute Gasteiger partial charge is 0.341 e. The molecule has 2 N–H and O–H groups in total. The molecule has 0 aliphatic carbocycles. The molecule has 1 aromatic carbocycles. The molecule has 0 spiro atoms. The van der Waals surface area contributed by atoms with Crippen molar-refractivity contribution in [2.75, 3.05) is 18.5 Å². The van der Waals surface area contributed by atoms with E-state index in [1.54, 1.807) is 26.0 Å². The first kappa shape index (κ1) is 22.3. The number of aliphatic hydroxyl groups excluding tert-OH is 1. The quantitative estimate of drug-likeness (QED) is 0.499. The second-order valence-corrected chi connectivity index (χ2v) is 7.04. The van der Waals surface area contributed by atoms with Crippen LogP contribution < -0.4 is 5.32 Å². The normalized spacial score (nSPS) is 10.3. The van der Waals surface area contributed by atoms with Gasteiger partial charge in [-0.2, -0.15) is 0 Å². The summed E-state index contributed by atoms with van der Waals surface area (Å²) in [4.78, 5) is 48.6. The Hall–Kier alpha value is -3.04. The second kappa shape index (κ2) is 9.94. The predicted octanol–water partition coefficient (Wildman–Crippen LogP) is 2.72. The maximum atomic E-state index is 12.2. The fraction of sp³-hybridized carbons (Fsp3) is 0.300. The lowest BCUT2D eigenvalue weighted by atomic mass is 10.1. The molecule has 2 rings (SSSR count). The second-order valence-electron chi connectivity index (χ2n) is 6.02. The average molecular weight is 419 g/mol. The van der Waals surface area contributed by atoms with Gasteiger partial charge >= 0.3 is 11.9 Å². The highest BCUT2D eigenvalue weighted by atomic mass is 32.1. The van der Waals surface area contributed by atoms with Crippen LogP contribution in [0, 0.1) is 6.92 Å². The number of ketones is 1. The maximum absolute atomic E-state index is 12.2. The van der Waals surface area contributed by atoms with Gasteiger partial charge < -0.3 is 19.9 Å². The zero-order valence-corrected chi connectivity index (χ0v) is 17.1. The van der Waals surface area contributed by atoms with Crippen LogP contribution in [0.4, 0.5) is 5.00 Å². The summed E-state index contributed by atoms with van der Waals surface area (Å²) in [5.41, 5.74) is 1.41. The third kappa shape index (κ3) is 5.49. The van der Waals surface area contributed by atoms with E-state index in [1.165, 1.54) is 19.1 Å². The molecule has 0 fully saturated rings. The number of benzene rings is 1. The Bertz CT molecular complexity index is 931. The number of rotatable bonds is 8. The first-order chi connectivity index (χ1) is 13.8. The lowest BCUT2D eigenvalue weighted by molar-refractivity contribution is -0.119. The number of nitrogens with one attached hydrogen (secondary N) is 1. The first-order valence-electron chi connectivity index (χ1n) is 8.76. The van der Waals surface area contributed by atoms with E-state index in [9.17, 15) is 19.2 Å². The van der Waals surface area contributed by atoms with Crippen molar-refractivity contribution in [3.05, 3.63) is 51.4 Å². The highest BCUT2D eigenvalue weighted by molar-refractivity contribution is 7.18. The lowest BCUT2D eigenvalue weighted by Gasteiger charge is -2.08. The van der Waals surface area contributed by atoms with Gasteiger partial charge in [0, 0.05) is 0 Å². The van der Waals surface area contributed by atoms with Crippen LogP contribution in [-0.4, -0.2) is 41.9 Å². The van der Waals surface area contributed by atoms with Crippen LogP contribution in [0.3, 0.4) is 0 Å². The van der Waals surface area contributed by atoms with E-state index in [0.29, 0.717) is 16.0 Å². The number of esters is 2. The largest absolute Gasteiger partial charge is 0.462 e. The summed E-state index contributed by atoms with van der Waals surface area (Å²) in [6, 6.07) is 6.10. The minimum absolute atomic E-state index is 0.112. The Morgan fingerprint density at radius 2 is 1.72 bits per heavy atom. The standard InChI is InChI=1S/C20H21NO7S/c1-4-27-20(26)16-11(2)17(12(3)23)29-18(16)21-15(24)10-28-19(25)14-7-5-13(9-22)6-8-14/h5-8,22H,4,9-10H2,1-3H3,(H,21,24). The molecule has 0 aliphatic rings. The summed E-state index contributed by atoms with van der Waals surface area (Å²) in [5, 5.41) is 11.7. The molecule has 1 heterocycles. The molecule has 0 unspecified atom stereocenters. The summed E-state index contributed by atoms with van der Waals surface area (Å²) in [6.07, 6.45) is 0. The molecule has 0 atom stereocenters. The fourth-order valence-corrected chi connectivity index (χ4v) is 3.62. The molecule has 29 heavy (non-hydrogen) atoms. The van der Waals surface area contributed by atoms with Crippen LogP contribution >= 0.6 is 11.3 Å². The highest BCUT2D eigenvalue weighted by Crippen LogP contribution is 2.34. The van der Waals surface area contributed by atoms with E-state index in [0.717, 1.165) is 11.3 Å². The third-order valence-corrected chi connectivity index (χ3v) is 5.21. The van der Waals surface area contributed by atoms with E-state index in [-0.39, 0.29) is 35.1 Å². The number of hydrogen-bond acceptors (Lipinski definition) is 8. The van der Waals surface area contributed by atoms with Gasteiger partial charge in [-0.25, -0.2) is 9.59 Å². The van der Waals surface area contributed by atoms with Crippen molar-refractivity contribution < 1.29 is 33.8 Å². The first-order valence-corrected chi connectivity index (χ1v) is 9.58. The molecular formula is C20H21NO7S. The number of hydrogen-bond donors (Lipinski definition) is 2. The molecule has 2 aromatic rings. The number of carbonyl (C=O) groups is 4.